The molecule has 0 aliphatic rings. The van der Waals surface area contributed by atoms with Crippen LogP contribution in [0.2, 0.25) is 0 Å². The molecule has 0 radical (unpaired) electrons. The third-order valence-electron chi connectivity index (χ3n) is 3.73. The summed E-state index contributed by atoms with van der Waals surface area (Å²) in [5.74, 6) is 0.671. The topological polar surface area (TPSA) is 25.2 Å². The van der Waals surface area contributed by atoms with E-state index in [4.69, 9.17) is 12.2 Å². The lowest BCUT2D eigenvalue weighted by Gasteiger charge is -2.07. The van der Waals surface area contributed by atoms with Gasteiger partial charge in [-0.1, -0.05) is 63.3 Å². The number of pyridine rings is 1. The first kappa shape index (κ1) is 15.8. The number of benzene rings is 1. The van der Waals surface area contributed by atoms with Crippen molar-refractivity contribution in [2.24, 2.45) is 4.99 Å². The number of isothiocyanates is 1. The molecule has 0 N–H and O–H groups in total. The van der Waals surface area contributed by atoms with Crippen molar-refractivity contribution >= 4 is 34.0 Å². The number of nitrogens with zero attached hydrogens (tertiary/aromatic N) is 2. The second-order valence-electron chi connectivity index (χ2n) is 5.37. The number of hydrogen-bond donors (Lipinski definition) is 0. The highest BCUT2D eigenvalue weighted by molar-refractivity contribution is 7.78. The molecule has 0 aliphatic heterocycles. The van der Waals surface area contributed by atoms with E-state index in [1.165, 1.54) is 49.3 Å². The fourth-order valence-corrected chi connectivity index (χ4v) is 2.72. The fourth-order valence-electron chi connectivity index (χ4n) is 2.62. The third kappa shape index (κ3) is 4.73. The van der Waals surface area contributed by atoms with Crippen LogP contribution in [0.15, 0.2) is 35.3 Å². The van der Waals surface area contributed by atoms with Gasteiger partial charge in [0.25, 0.3) is 0 Å². The maximum Gasteiger partial charge on any atom is 0.163 e. The van der Waals surface area contributed by atoms with Crippen LogP contribution in [0.25, 0.3) is 10.8 Å². The van der Waals surface area contributed by atoms with Crippen LogP contribution < -0.4 is 0 Å². The Morgan fingerprint density at radius 2 is 1.86 bits per heavy atom. The van der Waals surface area contributed by atoms with E-state index in [2.05, 4.69) is 40.3 Å². The first-order valence-electron chi connectivity index (χ1n) is 7.81. The van der Waals surface area contributed by atoms with E-state index in [9.17, 15) is 0 Å². The molecule has 110 valence electrons. The lowest BCUT2D eigenvalue weighted by atomic mass is 10.0. The standard InChI is InChI=1S/C18H22N2S/c1-2-3-4-5-6-7-12-17-16-11-9-8-10-15(16)13-18(20-17)19-14-21/h8-11,13H,2-7,12H2,1H3. The minimum Gasteiger partial charge on any atom is -0.232 e. The van der Waals surface area contributed by atoms with Crippen LogP contribution in [0.4, 0.5) is 5.82 Å². The molecular weight excluding hydrogens is 276 g/mol. The lowest BCUT2D eigenvalue weighted by molar-refractivity contribution is 0.605. The molecule has 3 heteroatoms. The number of thiocarbonyl (C=S) groups is 1. The molecule has 0 aliphatic carbocycles. The van der Waals surface area contributed by atoms with Crippen molar-refractivity contribution in [3.8, 4) is 0 Å². The number of aryl methyl sites for hydroxylation is 1. The smallest absolute Gasteiger partial charge is 0.163 e. The van der Waals surface area contributed by atoms with Gasteiger partial charge in [-0.05, 0) is 36.5 Å². The Balaban J connectivity index is 2.08. The summed E-state index contributed by atoms with van der Waals surface area (Å²) < 4.78 is 0. The average Bonchev–Trinajstić information content (AvgIpc) is 2.51. The second-order valence-corrected chi connectivity index (χ2v) is 5.55. The van der Waals surface area contributed by atoms with Crippen molar-refractivity contribution in [2.45, 2.75) is 51.9 Å². The molecule has 0 saturated heterocycles. The Bertz CT molecular complexity index is 630. The summed E-state index contributed by atoms with van der Waals surface area (Å²) in [6.45, 7) is 2.25. The van der Waals surface area contributed by atoms with Crippen LogP contribution in [0, 0.1) is 0 Å². The summed E-state index contributed by atoms with van der Waals surface area (Å²) in [7, 11) is 0. The largest absolute Gasteiger partial charge is 0.232 e. The monoisotopic (exact) mass is 298 g/mol. The van der Waals surface area contributed by atoms with Gasteiger partial charge in [0, 0.05) is 5.39 Å². The van der Waals surface area contributed by atoms with Gasteiger partial charge in [0.15, 0.2) is 5.82 Å². The quantitative estimate of drug-likeness (QED) is 0.346. The molecule has 21 heavy (non-hydrogen) atoms. The van der Waals surface area contributed by atoms with Gasteiger partial charge in [-0.3, -0.25) is 0 Å². The highest BCUT2D eigenvalue weighted by atomic mass is 32.1. The van der Waals surface area contributed by atoms with Crippen LogP contribution in [0.5, 0.6) is 0 Å². The SMILES string of the molecule is CCCCCCCCc1nc(N=C=S)cc2ccccc12. The zero-order valence-electron chi connectivity index (χ0n) is 12.6. The molecular formula is C18H22N2S. The van der Waals surface area contributed by atoms with Crippen LogP contribution >= 0.6 is 12.2 Å². The van der Waals surface area contributed by atoms with Crippen molar-refractivity contribution in [2.75, 3.05) is 0 Å². The van der Waals surface area contributed by atoms with E-state index in [1.54, 1.807) is 0 Å². The van der Waals surface area contributed by atoms with E-state index in [-0.39, 0.29) is 0 Å². The van der Waals surface area contributed by atoms with E-state index in [1.807, 2.05) is 12.1 Å². The summed E-state index contributed by atoms with van der Waals surface area (Å²) in [5, 5.41) is 4.82. The molecule has 0 amide bonds. The normalized spacial score (nSPS) is 10.5. The Labute approximate surface area is 132 Å². The molecule has 2 rings (SSSR count). The lowest BCUT2D eigenvalue weighted by Crippen LogP contribution is -1.93. The Kier molecular flexibility index (Phi) is 6.52. The van der Waals surface area contributed by atoms with Crippen LogP contribution in [0.1, 0.15) is 51.1 Å². The maximum atomic E-state index is 4.69. The predicted octanol–water partition coefficient (Wildman–Crippen LogP) is 5.87. The van der Waals surface area contributed by atoms with Gasteiger partial charge in [0.2, 0.25) is 0 Å². The van der Waals surface area contributed by atoms with E-state index >= 15 is 0 Å². The number of rotatable bonds is 8. The maximum absolute atomic E-state index is 4.69. The molecule has 2 aromatic rings. The van der Waals surface area contributed by atoms with E-state index in [0.717, 1.165) is 12.1 Å². The number of fused-ring (bicyclic) bond motifs is 1. The first-order valence-corrected chi connectivity index (χ1v) is 8.22. The Morgan fingerprint density at radius 1 is 1.10 bits per heavy atom. The first-order chi connectivity index (χ1) is 10.3. The average molecular weight is 298 g/mol. The highest BCUT2D eigenvalue weighted by Crippen LogP contribution is 2.23. The molecule has 0 unspecified atom stereocenters. The van der Waals surface area contributed by atoms with E-state index < -0.39 is 0 Å². The van der Waals surface area contributed by atoms with Crippen LogP contribution in [0.3, 0.4) is 0 Å². The second kappa shape index (κ2) is 8.66. The summed E-state index contributed by atoms with van der Waals surface area (Å²) in [5.41, 5.74) is 1.13. The van der Waals surface area contributed by atoms with Gasteiger partial charge in [-0.2, -0.15) is 4.99 Å². The minimum absolute atomic E-state index is 0.671. The van der Waals surface area contributed by atoms with Gasteiger partial charge in [-0.15, -0.1) is 0 Å². The minimum atomic E-state index is 0.671. The van der Waals surface area contributed by atoms with Crippen molar-refractivity contribution in [3.63, 3.8) is 0 Å². The molecule has 0 fully saturated rings. The third-order valence-corrected chi connectivity index (χ3v) is 3.82. The zero-order chi connectivity index (χ0) is 14.9. The summed E-state index contributed by atoms with van der Waals surface area (Å²) in [4.78, 5) is 8.67. The molecule has 2 nitrogen and oxygen atoms in total. The van der Waals surface area contributed by atoms with Crippen molar-refractivity contribution in [1.29, 1.82) is 0 Å². The number of aliphatic imine (C=N–C) groups is 1. The molecule has 0 saturated carbocycles. The van der Waals surface area contributed by atoms with Crippen molar-refractivity contribution in [1.82, 2.24) is 4.98 Å². The zero-order valence-corrected chi connectivity index (χ0v) is 13.5. The van der Waals surface area contributed by atoms with Crippen LogP contribution in [-0.2, 0) is 6.42 Å². The van der Waals surface area contributed by atoms with Crippen molar-refractivity contribution in [3.05, 3.63) is 36.0 Å². The summed E-state index contributed by atoms with van der Waals surface area (Å²) in [6.07, 6.45) is 8.78. The molecule has 0 bridgehead atoms. The van der Waals surface area contributed by atoms with Gasteiger partial charge in [0.1, 0.15) is 0 Å². The van der Waals surface area contributed by atoms with E-state index in [0.29, 0.717) is 5.82 Å². The molecule has 1 heterocycles. The number of aromatic nitrogens is 1. The van der Waals surface area contributed by atoms with Crippen molar-refractivity contribution < 1.29 is 0 Å². The number of unbranched alkanes of at least 4 members (excludes halogenated alkanes) is 5. The van der Waals surface area contributed by atoms with Gasteiger partial charge in [-0.25, -0.2) is 4.98 Å². The van der Waals surface area contributed by atoms with Crippen LogP contribution in [-0.4, -0.2) is 10.1 Å². The predicted molar refractivity (Wildman–Crippen MR) is 93.5 cm³/mol. The number of hydrogen-bond acceptors (Lipinski definition) is 3. The molecule has 0 atom stereocenters. The van der Waals surface area contributed by atoms with Gasteiger partial charge >= 0.3 is 0 Å². The molecule has 0 spiro atoms. The Morgan fingerprint density at radius 3 is 2.67 bits per heavy atom. The highest BCUT2D eigenvalue weighted by Gasteiger charge is 2.05. The molecule has 1 aromatic heterocycles. The van der Waals surface area contributed by atoms with Gasteiger partial charge in [0.05, 0.1) is 10.9 Å². The van der Waals surface area contributed by atoms with Gasteiger partial charge < -0.3 is 0 Å². The Hall–Kier alpha value is -1.57. The molecule has 1 aromatic carbocycles. The fraction of sp³-hybridized carbons (Fsp3) is 0.444. The summed E-state index contributed by atoms with van der Waals surface area (Å²) >= 11 is 4.69. The summed E-state index contributed by atoms with van der Waals surface area (Å²) in [6, 6.07) is 10.3.